The highest BCUT2D eigenvalue weighted by Crippen LogP contribution is 2.30. The Kier molecular flexibility index (Phi) is 6.38. The van der Waals surface area contributed by atoms with E-state index in [9.17, 15) is 0 Å². The minimum Gasteiger partial charge on any atom is -0.379 e. The SMILES string of the molecule is Cc1cc(CN2CCOCC2)cc(NCc2nc(-c3ccc4ncnn4c3)c(-c3cccc(C)n3)[nH]2)c1. The molecule has 0 amide bonds. The van der Waals surface area contributed by atoms with Crippen LogP contribution in [0.5, 0.6) is 0 Å². The fraction of sp³-hybridized carbons (Fsp3) is 0.286. The first kappa shape index (κ1) is 23.3. The van der Waals surface area contributed by atoms with Crippen molar-refractivity contribution in [2.45, 2.75) is 26.9 Å². The number of nitrogens with zero attached hydrogens (tertiary/aromatic N) is 6. The van der Waals surface area contributed by atoms with Gasteiger partial charge >= 0.3 is 0 Å². The maximum atomic E-state index is 5.49. The normalized spacial score (nSPS) is 14.3. The van der Waals surface area contributed by atoms with E-state index < -0.39 is 0 Å². The Labute approximate surface area is 215 Å². The molecule has 0 unspecified atom stereocenters. The average Bonchev–Trinajstić information content (AvgIpc) is 3.55. The molecular formula is C28H30N8O. The number of anilines is 1. The fourth-order valence-corrected chi connectivity index (χ4v) is 4.80. The lowest BCUT2D eigenvalue weighted by Gasteiger charge is -2.26. The summed E-state index contributed by atoms with van der Waals surface area (Å²) in [7, 11) is 0. The smallest absolute Gasteiger partial charge is 0.155 e. The molecule has 1 aromatic carbocycles. The monoisotopic (exact) mass is 494 g/mol. The number of rotatable bonds is 7. The Morgan fingerprint density at radius 1 is 1.03 bits per heavy atom. The van der Waals surface area contributed by atoms with Crippen molar-refractivity contribution < 1.29 is 4.74 Å². The van der Waals surface area contributed by atoms with E-state index in [2.05, 4.69) is 50.4 Å². The summed E-state index contributed by atoms with van der Waals surface area (Å²) < 4.78 is 7.26. The van der Waals surface area contributed by atoms with Crippen molar-refractivity contribution in [1.29, 1.82) is 0 Å². The van der Waals surface area contributed by atoms with E-state index in [1.54, 1.807) is 10.8 Å². The second-order valence-electron chi connectivity index (χ2n) is 9.50. The molecular weight excluding hydrogens is 464 g/mol. The molecule has 5 aromatic rings. The van der Waals surface area contributed by atoms with Crippen LogP contribution < -0.4 is 5.32 Å². The fourth-order valence-electron chi connectivity index (χ4n) is 4.80. The molecule has 5 heterocycles. The second-order valence-corrected chi connectivity index (χ2v) is 9.50. The van der Waals surface area contributed by atoms with E-state index in [1.165, 1.54) is 11.1 Å². The molecule has 37 heavy (non-hydrogen) atoms. The highest BCUT2D eigenvalue weighted by atomic mass is 16.5. The lowest BCUT2D eigenvalue weighted by atomic mass is 10.1. The van der Waals surface area contributed by atoms with E-state index in [1.807, 2.05) is 43.5 Å². The first-order valence-electron chi connectivity index (χ1n) is 12.6. The molecule has 1 saturated heterocycles. The van der Waals surface area contributed by atoms with Gasteiger partial charge in [0.15, 0.2) is 5.65 Å². The van der Waals surface area contributed by atoms with E-state index in [-0.39, 0.29) is 0 Å². The lowest BCUT2D eigenvalue weighted by Crippen LogP contribution is -2.35. The minimum absolute atomic E-state index is 0.560. The molecule has 188 valence electrons. The van der Waals surface area contributed by atoms with Gasteiger partial charge in [0.25, 0.3) is 0 Å². The number of pyridine rings is 2. The summed E-state index contributed by atoms with van der Waals surface area (Å²) >= 11 is 0. The number of nitrogens with one attached hydrogen (secondary N) is 2. The highest BCUT2D eigenvalue weighted by Gasteiger charge is 2.17. The van der Waals surface area contributed by atoms with Crippen LogP contribution in [-0.4, -0.2) is 60.8 Å². The van der Waals surface area contributed by atoms with Crippen molar-refractivity contribution >= 4 is 11.3 Å². The number of aryl methyl sites for hydroxylation is 2. The van der Waals surface area contributed by atoms with E-state index in [0.717, 1.165) is 78.3 Å². The molecule has 4 aromatic heterocycles. The third kappa shape index (κ3) is 5.23. The number of fused-ring (bicyclic) bond motifs is 1. The number of hydrogen-bond acceptors (Lipinski definition) is 7. The zero-order valence-corrected chi connectivity index (χ0v) is 21.1. The number of ether oxygens (including phenoxy) is 1. The van der Waals surface area contributed by atoms with Gasteiger partial charge in [0.05, 0.1) is 36.8 Å². The molecule has 9 heteroatoms. The van der Waals surface area contributed by atoms with Gasteiger partial charge in [-0.05, 0) is 61.4 Å². The Bertz CT molecular complexity index is 1530. The van der Waals surface area contributed by atoms with Crippen LogP contribution in [0.15, 0.2) is 61.1 Å². The number of morpholine rings is 1. The van der Waals surface area contributed by atoms with Crippen molar-refractivity contribution in [2.24, 2.45) is 0 Å². The molecule has 0 aliphatic carbocycles. The Hall–Kier alpha value is -4.08. The highest BCUT2D eigenvalue weighted by molar-refractivity contribution is 5.77. The zero-order valence-electron chi connectivity index (χ0n) is 21.1. The van der Waals surface area contributed by atoms with Gasteiger partial charge in [-0.2, -0.15) is 5.10 Å². The molecule has 1 fully saturated rings. The number of benzene rings is 1. The number of hydrogen-bond donors (Lipinski definition) is 2. The molecule has 0 atom stereocenters. The first-order valence-corrected chi connectivity index (χ1v) is 12.6. The Balaban J connectivity index is 1.28. The van der Waals surface area contributed by atoms with E-state index in [4.69, 9.17) is 14.7 Å². The zero-order chi connectivity index (χ0) is 25.2. The third-order valence-electron chi connectivity index (χ3n) is 6.55. The van der Waals surface area contributed by atoms with Gasteiger partial charge in [-0.25, -0.2) is 14.5 Å². The maximum Gasteiger partial charge on any atom is 0.155 e. The van der Waals surface area contributed by atoms with Gasteiger partial charge in [-0.15, -0.1) is 0 Å². The van der Waals surface area contributed by atoms with Crippen molar-refractivity contribution in [1.82, 2.24) is 34.4 Å². The van der Waals surface area contributed by atoms with E-state index >= 15 is 0 Å². The van der Waals surface area contributed by atoms with Crippen molar-refractivity contribution in [3.8, 4) is 22.6 Å². The summed E-state index contributed by atoms with van der Waals surface area (Å²) in [6.45, 7) is 9.18. The van der Waals surface area contributed by atoms with Crippen molar-refractivity contribution in [2.75, 3.05) is 31.6 Å². The van der Waals surface area contributed by atoms with Crippen LogP contribution in [0.1, 0.15) is 22.6 Å². The molecule has 0 bridgehead atoms. The predicted octanol–water partition coefficient (Wildman–Crippen LogP) is 4.24. The molecule has 1 aliphatic heterocycles. The van der Waals surface area contributed by atoms with Gasteiger partial charge in [-0.3, -0.25) is 9.88 Å². The Morgan fingerprint density at radius 2 is 1.92 bits per heavy atom. The van der Waals surface area contributed by atoms with Gasteiger partial charge < -0.3 is 15.0 Å². The first-order chi connectivity index (χ1) is 18.1. The molecule has 2 N–H and O–H groups in total. The standard InChI is InChI=1S/C28H30N8O/c1-19-12-21(16-35-8-10-37-11-9-35)14-23(13-19)29-15-25-33-27(22-6-7-26-30-18-31-36(26)17-22)28(34-25)24-5-3-4-20(2)32-24/h3-7,12-14,17-18,29H,8-11,15-16H2,1-2H3,(H,33,34). The summed E-state index contributed by atoms with van der Waals surface area (Å²) in [5.41, 5.74) is 8.90. The summed E-state index contributed by atoms with van der Waals surface area (Å²) in [4.78, 5) is 20.0. The number of aromatic amines is 1. The van der Waals surface area contributed by atoms with Crippen LogP contribution in [0.25, 0.3) is 28.3 Å². The van der Waals surface area contributed by atoms with E-state index in [0.29, 0.717) is 6.54 Å². The quantitative estimate of drug-likeness (QED) is 0.349. The molecule has 1 aliphatic rings. The molecule has 9 nitrogen and oxygen atoms in total. The molecule has 0 radical (unpaired) electrons. The average molecular weight is 495 g/mol. The predicted molar refractivity (Wildman–Crippen MR) is 143 cm³/mol. The summed E-state index contributed by atoms with van der Waals surface area (Å²) in [6, 6.07) is 16.7. The maximum absolute atomic E-state index is 5.49. The minimum atomic E-state index is 0.560. The number of H-pyrrole nitrogens is 1. The van der Waals surface area contributed by atoms with Crippen LogP contribution >= 0.6 is 0 Å². The Morgan fingerprint density at radius 3 is 2.78 bits per heavy atom. The lowest BCUT2D eigenvalue weighted by molar-refractivity contribution is 0.0342. The van der Waals surface area contributed by atoms with Crippen LogP contribution in [0.3, 0.4) is 0 Å². The second kappa shape index (κ2) is 10.1. The largest absolute Gasteiger partial charge is 0.379 e. The van der Waals surface area contributed by atoms with Gasteiger partial charge in [0.2, 0.25) is 0 Å². The van der Waals surface area contributed by atoms with Gasteiger partial charge in [-0.1, -0.05) is 12.1 Å². The van der Waals surface area contributed by atoms with Crippen molar-refractivity contribution in [3.05, 3.63) is 83.7 Å². The number of aromatic nitrogens is 6. The van der Waals surface area contributed by atoms with Gasteiger partial charge in [0, 0.05) is 42.8 Å². The third-order valence-corrected chi connectivity index (χ3v) is 6.55. The summed E-state index contributed by atoms with van der Waals surface area (Å²) in [5.74, 6) is 0.836. The van der Waals surface area contributed by atoms with Crippen molar-refractivity contribution in [3.63, 3.8) is 0 Å². The van der Waals surface area contributed by atoms with Crippen LogP contribution in [0.4, 0.5) is 5.69 Å². The molecule has 0 spiro atoms. The summed E-state index contributed by atoms with van der Waals surface area (Å²) in [6.07, 6.45) is 3.50. The van der Waals surface area contributed by atoms with Crippen LogP contribution in [-0.2, 0) is 17.8 Å². The van der Waals surface area contributed by atoms with Gasteiger partial charge in [0.1, 0.15) is 12.2 Å². The molecule has 6 rings (SSSR count). The van der Waals surface area contributed by atoms with Crippen LogP contribution in [0.2, 0.25) is 0 Å². The summed E-state index contributed by atoms with van der Waals surface area (Å²) in [5, 5.41) is 7.87. The number of imidazole rings is 1. The van der Waals surface area contributed by atoms with Crippen LogP contribution in [0, 0.1) is 13.8 Å². The topological polar surface area (TPSA) is 96.3 Å². The molecule has 0 saturated carbocycles.